The van der Waals surface area contributed by atoms with Gasteiger partial charge in [-0.1, -0.05) is 52.0 Å². The molecule has 0 radical (unpaired) electrons. The average Bonchev–Trinajstić information content (AvgIpc) is 2.37. The number of carboxylic acids is 1. The van der Waals surface area contributed by atoms with E-state index in [1.807, 2.05) is 24.3 Å². The Balaban J connectivity index is 2.74. The quantitative estimate of drug-likeness (QED) is 0.764. The average molecular weight is 276 g/mol. The molecule has 0 aliphatic heterocycles. The van der Waals surface area contributed by atoms with Crippen LogP contribution in [0.25, 0.3) is 0 Å². The lowest BCUT2D eigenvalue weighted by atomic mass is 9.82. The standard InChI is InChI=1S/C17H24O3/c1-5-17(3,4)14-8-6-13(7-9-14)15(18)10-12(2)11-16(19)20/h6-9,12H,5,10-11H2,1-4H3,(H,19,20). The Morgan fingerprint density at radius 3 is 2.15 bits per heavy atom. The number of aliphatic carboxylic acids is 1. The molecule has 0 aliphatic carbocycles. The van der Waals surface area contributed by atoms with Crippen molar-refractivity contribution >= 4 is 11.8 Å². The van der Waals surface area contributed by atoms with Gasteiger partial charge in [-0.25, -0.2) is 0 Å². The summed E-state index contributed by atoms with van der Waals surface area (Å²) in [6.45, 7) is 8.30. The summed E-state index contributed by atoms with van der Waals surface area (Å²) in [4.78, 5) is 22.7. The first kappa shape index (κ1) is 16.4. The van der Waals surface area contributed by atoms with Gasteiger partial charge in [-0.15, -0.1) is 0 Å². The number of carbonyl (C=O) groups is 2. The Morgan fingerprint density at radius 1 is 1.15 bits per heavy atom. The van der Waals surface area contributed by atoms with Gasteiger partial charge in [-0.3, -0.25) is 9.59 Å². The first-order valence-corrected chi connectivity index (χ1v) is 7.11. The highest BCUT2D eigenvalue weighted by molar-refractivity contribution is 5.96. The van der Waals surface area contributed by atoms with E-state index in [2.05, 4.69) is 20.8 Å². The smallest absolute Gasteiger partial charge is 0.303 e. The minimum atomic E-state index is -0.856. The number of hydrogen-bond acceptors (Lipinski definition) is 2. The summed E-state index contributed by atoms with van der Waals surface area (Å²) < 4.78 is 0. The third kappa shape index (κ3) is 4.48. The van der Waals surface area contributed by atoms with Crippen LogP contribution in [-0.2, 0) is 10.2 Å². The van der Waals surface area contributed by atoms with Gasteiger partial charge in [0.25, 0.3) is 0 Å². The van der Waals surface area contributed by atoms with Crippen LogP contribution >= 0.6 is 0 Å². The largest absolute Gasteiger partial charge is 0.481 e. The van der Waals surface area contributed by atoms with Crippen molar-refractivity contribution in [2.45, 2.75) is 52.4 Å². The first-order chi connectivity index (χ1) is 9.26. The van der Waals surface area contributed by atoms with Gasteiger partial charge in [-0.05, 0) is 23.3 Å². The lowest BCUT2D eigenvalue weighted by molar-refractivity contribution is -0.137. The molecule has 1 unspecified atom stereocenters. The van der Waals surface area contributed by atoms with Crippen LogP contribution in [-0.4, -0.2) is 16.9 Å². The van der Waals surface area contributed by atoms with Crippen molar-refractivity contribution in [1.82, 2.24) is 0 Å². The van der Waals surface area contributed by atoms with Crippen LogP contribution in [0.15, 0.2) is 24.3 Å². The molecule has 0 aromatic heterocycles. The Morgan fingerprint density at radius 2 is 1.70 bits per heavy atom. The summed E-state index contributed by atoms with van der Waals surface area (Å²) in [6, 6.07) is 7.70. The highest BCUT2D eigenvalue weighted by atomic mass is 16.4. The number of carboxylic acid groups (broad SMARTS) is 1. The Kier molecular flexibility index (Phi) is 5.49. The zero-order chi connectivity index (χ0) is 15.3. The van der Waals surface area contributed by atoms with E-state index in [0.29, 0.717) is 5.56 Å². The van der Waals surface area contributed by atoms with Gasteiger partial charge in [0.15, 0.2) is 5.78 Å². The molecule has 0 bridgehead atoms. The summed E-state index contributed by atoms with van der Waals surface area (Å²) >= 11 is 0. The Labute approximate surface area is 121 Å². The van der Waals surface area contributed by atoms with Crippen molar-refractivity contribution in [1.29, 1.82) is 0 Å². The summed E-state index contributed by atoms with van der Waals surface area (Å²) in [5.74, 6) is -0.975. The van der Waals surface area contributed by atoms with E-state index >= 15 is 0 Å². The van der Waals surface area contributed by atoms with Crippen molar-refractivity contribution in [3.8, 4) is 0 Å². The summed E-state index contributed by atoms with van der Waals surface area (Å²) in [5, 5.41) is 8.71. The van der Waals surface area contributed by atoms with E-state index in [0.717, 1.165) is 6.42 Å². The molecular weight excluding hydrogens is 252 g/mol. The third-order valence-corrected chi connectivity index (χ3v) is 3.93. The molecule has 0 aliphatic rings. The highest BCUT2D eigenvalue weighted by Gasteiger charge is 2.19. The number of ketones is 1. The van der Waals surface area contributed by atoms with Crippen LogP contribution in [0.4, 0.5) is 0 Å². The minimum absolute atomic E-state index is 0.0135. The van der Waals surface area contributed by atoms with Gasteiger partial charge in [-0.2, -0.15) is 0 Å². The molecule has 110 valence electrons. The first-order valence-electron chi connectivity index (χ1n) is 7.11. The van der Waals surface area contributed by atoms with Crippen molar-refractivity contribution < 1.29 is 14.7 Å². The molecule has 1 rings (SSSR count). The number of rotatable bonds is 7. The van der Waals surface area contributed by atoms with Gasteiger partial charge in [0.05, 0.1) is 0 Å². The molecular formula is C17H24O3. The van der Waals surface area contributed by atoms with Gasteiger partial charge >= 0.3 is 5.97 Å². The van der Waals surface area contributed by atoms with E-state index in [-0.39, 0.29) is 30.0 Å². The second-order valence-corrected chi connectivity index (χ2v) is 6.15. The third-order valence-electron chi connectivity index (χ3n) is 3.93. The summed E-state index contributed by atoms with van der Waals surface area (Å²) in [7, 11) is 0. The van der Waals surface area contributed by atoms with Crippen molar-refractivity contribution in [2.24, 2.45) is 5.92 Å². The fourth-order valence-electron chi connectivity index (χ4n) is 2.12. The van der Waals surface area contributed by atoms with Gasteiger partial charge in [0, 0.05) is 18.4 Å². The molecule has 0 spiro atoms. The van der Waals surface area contributed by atoms with Crippen LogP contribution in [0, 0.1) is 5.92 Å². The van der Waals surface area contributed by atoms with Gasteiger partial charge in [0.1, 0.15) is 0 Å². The number of hydrogen-bond donors (Lipinski definition) is 1. The number of benzene rings is 1. The molecule has 1 N–H and O–H groups in total. The molecule has 0 saturated heterocycles. The number of Topliss-reactive ketones (excluding diaryl/α,β-unsaturated/α-hetero) is 1. The fraction of sp³-hybridized carbons (Fsp3) is 0.529. The van der Waals surface area contributed by atoms with Gasteiger partial charge < -0.3 is 5.11 Å². The molecule has 3 heteroatoms. The van der Waals surface area contributed by atoms with E-state index in [4.69, 9.17) is 5.11 Å². The fourth-order valence-corrected chi connectivity index (χ4v) is 2.12. The summed E-state index contributed by atoms with van der Waals surface area (Å²) in [6.07, 6.45) is 1.35. The van der Waals surface area contributed by atoms with Crippen LogP contribution < -0.4 is 0 Å². The summed E-state index contributed by atoms with van der Waals surface area (Å²) in [5.41, 5.74) is 1.99. The second kappa shape index (κ2) is 6.69. The van der Waals surface area contributed by atoms with E-state index in [1.54, 1.807) is 6.92 Å². The lowest BCUT2D eigenvalue weighted by Gasteiger charge is -2.23. The van der Waals surface area contributed by atoms with Crippen molar-refractivity contribution in [3.05, 3.63) is 35.4 Å². The van der Waals surface area contributed by atoms with Crippen LogP contribution in [0.1, 0.15) is 62.9 Å². The molecule has 0 heterocycles. The van der Waals surface area contributed by atoms with E-state index < -0.39 is 5.97 Å². The van der Waals surface area contributed by atoms with E-state index in [9.17, 15) is 9.59 Å². The van der Waals surface area contributed by atoms with Gasteiger partial charge in [0.2, 0.25) is 0 Å². The zero-order valence-corrected chi connectivity index (χ0v) is 12.8. The van der Waals surface area contributed by atoms with Crippen LogP contribution in [0.3, 0.4) is 0 Å². The van der Waals surface area contributed by atoms with Crippen molar-refractivity contribution in [3.63, 3.8) is 0 Å². The maximum absolute atomic E-state index is 12.1. The SMILES string of the molecule is CCC(C)(C)c1ccc(C(=O)CC(C)CC(=O)O)cc1. The van der Waals surface area contributed by atoms with E-state index in [1.165, 1.54) is 5.56 Å². The zero-order valence-electron chi connectivity index (χ0n) is 12.8. The predicted molar refractivity (Wildman–Crippen MR) is 80.1 cm³/mol. The second-order valence-electron chi connectivity index (χ2n) is 6.15. The molecule has 1 aromatic rings. The topological polar surface area (TPSA) is 54.4 Å². The molecule has 1 aromatic carbocycles. The van der Waals surface area contributed by atoms with Crippen LogP contribution in [0.5, 0.6) is 0 Å². The lowest BCUT2D eigenvalue weighted by Crippen LogP contribution is -2.16. The molecule has 3 nitrogen and oxygen atoms in total. The Bertz CT molecular complexity index is 472. The normalized spacial score (nSPS) is 13.0. The number of carbonyl (C=O) groups excluding carboxylic acids is 1. The molecule has 1 atom stereocenters. The van der Waals surface area contributed by atoms with Crippen LogP contribution in [0.2, 0.25) is 0 Å². The molecule has 0 saturated carbocycles. The maximum Gasteiger partial charge on any atom is 0.303 e. The Hall–Kier alpha value is -1.64. The van der Waals surface area contributed by atoms with Crippen molar-refractivity contribution in [2.75, 3.05) is 0 Å². The molecule has 20 heavy (non-hydrogen) atoms. The highest BCUT2D eigenvalue weighted by Crippen LogP contribution is 2.27. The monoisotopic (exact) mass is 276 g/mol. The molecule has 0 fully saturated rings. The minimum Gasteiger partial charge on any atom is -0.481 e. The predicted octanol–water partition coefficient (Wildman–Crippen LogP) is 4.06. The maximum atomic E-state index is 12.1. The molecule has 0 amide bonds.